The van der Waals surface area contributed by atoms with Crippen LogP contribution in [-0.4, -0.2) is 51.1 Å². The minimum atomic E-state index is -3.65. The molecule has 2 heterocycles. The fraction of sp³-hybridized carbons (Fsp3) is 0.500. The Balaban J connectivity index is 1.65. The van der Waals surface area contributed by atoms with E-state index in [9.17, 15) is 13.2 Å². The SMILES string of the molecule is CCN1C(=O)C2=CC=CC3=C(S(=O)(=O)NC[C@@H]4CCCO4)C=CC1C23. The van der Waals surface area contributed by atoms with Crippen molar-refractivity contribution in [3.05, 3.63) is 46.4 Å². The van der Waals surface area contributed by atoms with Crippen LogP contribution < -0.4 is 4.72 Å². The first-order chi connectivity index (χ1) is 12.0. The lowest BCUT2D eigenvalue weighted by atomic mass is 9.81. The van der Waals surface area contributed by atoms with Gasteiger partial charge in [-0.05, 0) is 31.4 Å². The molecule has 1 N–H and O–H groups in total. The van der Waals surface area contributed by atoms with Crippen LogP contribution in [-0.2, 0) is 19.6 Å². The average molecular weight is 362 g/mol. The molecule has 2 saturated heterocycles. The van der Waals surface area contributed by atoms with Crippen LogP contribution in [0.5, 0.6) is 0 Å². The molecule has 7 heteroatoms. The van der Waals surface area contributed by atoms with Gasteiger partial charge >= 0.3 is 0 Å². The van der Waals surface area contributed by atoms with E-state index in [2.05, 4.69) is 4.72 Å². The standard InChI is InChI=1S/C18H22N2O4S/c1-2-20-15-8-9-16(13-6-3-7-14(17(13)15)18(20)21)25(22,23)19-11-12-5-4-10-24-12/h3,6-9,12,15,17,19H,2,4-5,10-11H2,1H3/t12-,15?,17?/m0/s1. The zero-order valence-corrected chi connectivity index (χ0v) is 15.0. The van der Waals surface area contributed by atoms with Gasteiger partial charge in [0.1, 0.15) is 0 Å². The number of hydrogen-bond acceptors (Lipinski definition) is 4. The molecule has 0 spiro atoms. The normalized spacial score (nSPS) is 30.9. The molecule has 0 aromatic rings. The molecule has 6 nitrogen and oxygen atoms in total. The number of nitrogens with one attached hydrogen (secondary N) is 1. The molecular formula is C18H22N2O4S. The number of ether oxygens (including phenoxy) is 1. The number of nitrogens with zero attached hydrogens (tertiary/aromatic N) is 1. The third-order valence-electron chi connectivity index (χ3n) is 5.32. The number of hydrogen-bond donors (Lipinski definition) is 1. The van der Waals surface area contributed by atoms with Gasteiger partial charge in [-0.3, -0.25) is 4.79 Å². The van der Waals surface area contributed by atoms with E-state index in [4.69, 9.17) is 4.74 Å². The number of allylic oxidation sites excluding steroid dienone is 4. The van der Waals surface area contributed by atoms with Gasteiger partial charge in [0, 0.05) is 31.2 Å². The maximum atomic E-state index is 12.8. The predicted octanol–water partition coefficient (Wildman–Crippen LogP) is 1.25. The summed E-state index contributed by atoms with van der Waals surface area (Å²) in [4.78, 5) is 14.6. The molecule has 2 aliphatic carbocycles. The quantitative estimate of drug-likeness (QED) is 0.799. The number of sulfonamides is 1. The van der Waals surface area contributed by atoms with Crippen molar-refractivity contribution in [3.63, 3.8) is 0 Å². The van der Waals surface area contributed by atoms with Crippen LogP contribution in [0, 0.1) is 5.92 Å². The van der Waals surface area contributed by atoms with Gasteiger partial charge in [0.25, 0.3) is 5.91 Å². The second-order valence-electron chi connectivity index (χ2n) is 6.71. The van der Waals surface area contributed by atoms with Gasteiger partial charge in [-0.15, -0.1) is 0 Å². The Morgan fingerprint density at radius 2 is 2.20 bits per heavy atom. The average Bonchev–Trinajstić information content (AvgIpc) is 3.22. The molecular weight excluding hydrogens is 340 g/mol. The number of carbonyl (C=O) groups is 1. The summed E-state index contributed by atoms with van der Waals surface area (Å²) >= 11 is 0. The maximum Gasteiger partial charge on any atom is 0.251 e. The van der Waals surface area contributed by atoms with Crippen molar-refractivity contribution in [3.8, 4) is 0 Å². The lowest BCUT2D eigenvalue weighted by Gasteiger charge is -2.29. The Labute approximate surface area is 148 Å². The highest BCUT2D eigenvalue weighted by Gasteiger charge is 2.47. The topological polar surface area (TPSA) is 75.7 Å². The summed E-state index contributed by atoms with van der Waals surface area (Å²) in [6, 6.07) is -0.0965. The first-order valence-electron chi connectivity index (χ1n) is 8.76. The van der Waals surface area contributed by atoms with Crippen LogP contribution >= 0.6 is 0 Å². The molecule has 0 bridgehead atoms. The van der Waals surface area contributed by atoms with E-state index in [0.717, 1.165) is 12.8 Å². The zero-order chi connectivity index (χ0) is 17.6. The number of rotatable bonds is 5. The molecule has 3 atom stereocenters. The molecule has 0 radical (unpaired) electrons. The van der Waals surface area contributed by atoms with Crippen molar-refractivity contribution in [1.29, 1.82) is 0 Å². The van der Waals surface area contributed by atoms with Crippen molar-refractivity contribution < 1.29 is 17.9 Å². The van der Waals surface area contributed by atoms with Crippen LogP contribution in [0.3, 0.4) is 0 Å². The fourth-order valence-electron chi connectivity index (χ4n) is 4.10. The summed E-state index contributed by atoms with van der Waals surface area (Å²) in [5, 5.41) is 0. The predicted molar refractivity (Wildman–Crippen MR) is 94.0 cm³/mol. The first-order valence-corrected chi connectivity index (χ1v) is 10.2. The highest BCUT2D eigenvalue weighted by atomic mass is 32.2. The third kappa shape index (κ3) is 2.70. The Bertz CT molecular complexity index is 816. The van der Waals surface area contributed by atoms with Crippen molar-refractivity contribution in [2.75, 3.05) is 19.7 Å². The smallest absolute Gasteiger partial charge is 0.251 e. The second kappa shape index (κ2) is 6.23. The number of amides is 1. The molecule has 0 saturated carbocycles. The molecule has 2 fully saturated rings. The van der Waals surface area contributed by atoms with E-state index in [1.54, 1.807) is 17.1 Å². The van der Waals surface area contributed by atoms with Gasteiger partial charge in [0.05, 0.1) is 17.1 Å². The molecule has 2 unspecified atom stereocenters. The van der Waals surface area contributed by atoms with Crippen LogP contribution in [0.15, 0.2) is 46.4 Å². The molecule has 0 aromatic carbocycles. The lowest BCUT2D eigenvalue weighted by molar-refractivity contribution is -0.125. The Morgan fingerprint density at radius 1 is 1.36 bits per heavy atom. The largest absolute Gasteiger partial charge is 0.377 e. The number of likely N-dealkylation sites (N-methyl/N-ethyl adjacent to an activating group) is 1. The maximum absolute atomic E-state index is 12.8. The third-order valence-corrected chi connectivity index (χ3v) is 6.81. The van der Waals surface area contributed by atoms with Gasteiger partial charge in [0.2, 0.25) is 10.0 Å². The van der Waals surface area contributed by atoms with Crippen molar-refractivity contribution in [2.45, 2.75) is 31.9 Å². The van der Waals surface area contributed by atoms with Crippen LogP contribution in [0.25, 0.3) is 0 Å². The van der Waals surface area contributed by atoms with Crippen molar-refractivity contribution in [2.24, 2.45) is 5.92 Å². The fourth-order valence-corrected chi connectivity index (χ4v) is 5.43. The lowest BCUT2D eigenvalue weighted by Crippen LogP contribution is -2.37. The minimum Gasteiger partial charge on any atom is -0.377 e. The number of likely N-dealkylation sites (tertiary alicyclic amines) is 1. The summed E-state index contributed by atoms with van der Waals surface area (Å²) in [6.07, 6.45) is 10.7. The van der Waals surface area contributed by atoms with Crippen molar-refractivity contribution >= 4 is 15.9 Å². The van der Waals surface area contributed by atoms with E-state index in [-0.39, 0.29) is 35.4 Å². The van der Waals surface area contributed by atoms with Gasteiger partial charge < -0.3 is 9.64 Å². The highest BCUT2D eigenvalue weighted by Crippen LogP contribution is 2.44. The summed E-state index contributed by atoms with van der Waals surface area (Å²) in [5.41, 5.74) is 1.38. The van der Waals surface area contributed by atoms with Gasteiger partial charge in [0.15, 0.2) is 0 Å². The van der Waals surface area contributed by atoms with E-state index < -0.39 is 10.0 Å². The summed E-state index contributed by atoms with van der Waals surface area (Å²) in [7, 11) is -3.65. The zero-order valence-electron chi connectivity index (χ0n) is 14.1. The van der Waals surface area contributed by atoms with E-state index in [1.165, 1.54) is 0 Å². The summed E-state index contributed by atoms with van der Waals surface area (Å²) in [5.74, 6) is -0.202. The molecule has 134 valence electrons. The monoisotopic (exact) mass is 362 g/mol. The van der Waals surface area contributed by atoms with E-state index in [0.29, 0.717) is 24.3 Å². The van der Waals surface area contributed by atoms with Crippen LogP contribution in [0.2, 0.25) is 0 Å². The van der Waals surface area contributed by atoms with E-state index >= 15 is 0 Å². The molecule has 25 heavy (non-hydrogen) atoms. The highest BCUT2D eigenvalue weighted by molar-refractivity contribution is 7.93. The Kier molecular flexibility index (Phi) is 4.17. The molecule has 0 aromatic heterocycles. The second-order valence-corrected chi connectivity index (χ2v) is 8.44. The Morgan fingerprint density at radius 3 is 2.92 bits per heavy atom. The Hall–Kier alpha value is -1.70. The first kappa shape index (κ1) is 16.8. The van der Waals surface area contributed by atoms with E-state index in [1.807, 2.05) is 25.2 Å². The molecule has 4 aliphatic rings. The molecule has 1 amide bonds. The molecule has 4 rings (SSSR count). The summed E-state index contributed by atoms with van der Waals surface area (Å²) < 4.78 is 33.8. The van der Waals surface area contributed by atoms with Gasteiger partial charge in [-0.25, -0.2) is 13.1 Å². The number of carbonyl (C=O) groups excluding carboxylic acids is 1. The minimum absolute atomic E-state index is 0.00466. The van der Waals surface area contributed by atoms with Gasteiger partial charge in [-0.1, -0.05) is 24.3 Å². The van der Waals surface area contributed by atoms with Gasteiger partial charge in [-0.2, -0.15) is 0 Å². The van der Waals surface area contributed by atoms with Crippen LogP contribution in [0.1, 0.15) is 19.8 Å². The van der Waals surface area contributed by atoms with Crippen LogP contribution in [0.4, 0.5) is 0 Å². The molecule has 2 aliphatic heterocycles. The summed E-state index contributed by atoms with van der Waals surface area (Å²) in [6.45, 7) is 3.52. The van der Waals surface area contributed by atoms with Crippen molar-refractivity contribution in [1.82, 2.24) is 9.62 Å².